The number of allylic oxidation sites excluding steroid dienone is 4. The van der Waals surface area contributed by atoms with E-state index >= 15 is 0 Å². The van der Waals surface area contributed by atoms with E-state index in [9.17, 15) is 62.0 Å². The second kappa shape index (κ2) is 57.6. The summed E-state index contributed by atoms with van der Waals surface area (Å²) in [6.45, 7) is 40.8. The lowest BCUT2D eigenvalue weighted by Crippen LogP contribution is -2.27. The molecule has 35 nitrogen and oxygen atoms in total. The van der Waals surface area contributed by atoms with Gasteiger partial charge in [-0.15, -0.1) is 0 Å². The number of nitrogens with one attached hydrogen (secondary N) is 3. The van der Waals surface area contributed by atoms with Gasteiger partial charge in [0.2, 0.25) is 5.91 Å². The lowest BCUT2D eigenvalue weighted by molar-refractivity contribution is -0.231. The molecule has 0 aliphatic carbocycles. The maximum absolute atomic E-state index is 13.7. The molecule has 0 saturated carbocycles. The fourth-order valence-electron chi connectivity index (χ4n) is 13.6. The molecule has 40 heteroatoms. The molecule has 1 amide bonds. The summed E-state index contributed by atoms with van der Waals surface area (Å²) in [4.78, 5) is 107. The van der Waals surface area contributed by atoms with Crippen molar-refractivity contribution in [3.05, 3.63) is 193 Å². The number of ether oxygens (including phenoxy) is 11. The summed E-state index contributed by atoms with van der Waals surface area (Å²) in [6, 6.07) is 27.8. The predicted molar refractivity (Wildman–Crippen MR) is 527 cm³/mol. The van der Waals surface area contributed by atoms with Crippen LogP contribution in [0.3, 0.4) is 0 Å². The Balaban J connectivity index is 0.000000329. The van der Waals surface area contributed by atoms with Crippen LogP contribution in [0.5, 0.6) is 51.7 Å². The van der Waals surface area contributed by atoms with Gasteiger partial charge in [0.25, 0.3) is 0 Å². The fraction of sp³-hybridized carbons (Fsp3) is 0.480. The number of carbonyl (C=O) groups is 9. The maximum Gasteiger partial charge on any atom is 0.381 e. The van der Waals surface area contributed by atoms with E-state index in [0.29, 0.717) is 126 Å². The maximum atomic E-state index is 13.7. The molecule has 0 aromatic heterocycles. The molecule has 760 valence electrons. The van der Waals surface area contributed by atoms with Crippen molar-refractivity contribution < 1.29 is 151 Å². The highest BCUT2D eigenvalue weighted by Crippen LogP contribution is 2.53. The second-order valence-corrected chi connectivity index (χ2v) is 51.9. The molecule has 6 aromatic rings. The SMILES string of the molecule is CC(=O)OO.CCOC(=O)[C@H](C)OP(=O)(CCNC(C)=O)Oc1ccccc1.CCOC(=O)[C@H](C)OP(=O)(CCNC/C(C)=C/Cc1c(O)c2c(c(C)c1OC)COC2=O)Oc1ccccc1.CCOC(=O)[C@H](C)OP(=O)(CCNC/C(C)=C/Cc1c(OC)c(C)c2c(c1OCC[Si](C)(C)C)C(=O)OC2)Oc1ccccc1.COc1c(C)c2c(c(OCC[Si](C)(C)C)c1C/C=C(\C)C=O)C(=O)OC2. The second-order valence-electron chi connectivity index (χ2n) is 34.4. The molecular formula is C98H138N3O32P3Si2. The molecule has 0 saturated heterocycles. The van der Waals surface area contributed by atoms with Gasteiger partial charge in [-0.05, 0) is 173 Å². The van der Waals surface area contributed by atoms with E-state index in [1.807, 2.05) is 58.9 Å². The zero-order valence-corrected chi connectivity index (χ0v) is 88.2. The van der Waals surface area contributed by atoms with E-state index in [-0.39, 0.29) is 100 Å². The Labute approximate surface area is 811 Å². The summed E-state index contributed by atoms with van der Waals surface area (Å²) in [5, 5.41) is 27.1. The smallest absolute Gasteiger partial charge is 0.381 e. The van der Waals surface area contributed by atoms with Gasteiger partial charge in [0, 0.05) is 96.1 Å². The zero-order chi connectivity index (χ0) is 103. The third-order valence-electron chi connectivity index (χ3n) is 20.8. The van der Waals surface area contributed by atoms with E-state index in [0.717, 1.165) is 75.4 Å². The molecule has 6 atom stereocenters. The Bertz CT molecular complexity index is 5350. The average Bonchev–Trinajstić information content (AvgIpc) is 1.65. The average molecular weight is 2020 g/mol. The number of hydrogen-bond acceptors (Lipinski definition) is 34. The van der Waals surface area contributed by atoms with Crippen molar-refractivity contribution in [3.63, 3.8) is 0 Å². The molecule has 0 radical (unpaired) electrons. The van der Waals surface area contributed by atoms with Crippen molar-refractivity contribution in [2.75, 3.05) is 106 Å². The summed E-state index contributed by atoms with van der Waals surface area (Å²) in [5.41, 5.74) is 10.7. The number of methoxy groups -OCH3 is 3. The summed E-state index contributed by atoms with van der Waals surface area (Å²) < 4.78 is 134. The van der Waals surface area contributed by atoms with Gasteiger partial charge in [-0.3, -0.25) is 23.2 Å². The number of carbonyl (C=O) groups excluding carboxylic acids is 9. The Morgan fingerprint density at radius 2 is 0.768 bits per heavy atom. The molecular weight excluding hydrogens is 1880 g/mol. The molecule has 3 aliphatic rings. The number of aldehydes is 1. The van der Waals surface area contributed by atoms with Gasteiger partial charge in [0.1, 0.15) is 94.5 Å². The Kier molecular flexibility index (Phi) is 49.0. The van der Waals surface area contributed by atoms with Crippen LogP contribution in [0.2, 0.25) is 51.4 Å². The van der Waals surface area contributed by atoms with Gasteiger partial charge in [-0.2, -0.15) is 5.26 Å². The number of benzene rings is 6. The third-order valence-corrected chi connectivity index (χ3v) is 29.9. The number of hydrogen-bond donors (Lipinski definition) is 5. The number of para-hydroxylation sites is 3. The number of phenols is 1. The van der Waals surface area contributed by atoms with E-state index in [1.54, 1.807) is 121 Å². The van der Waals surface area contributed by atoms with E-state index in [4.69, 9.17) is 84.5 Å². The summed E-state index contributed by atoms with van der Waals surface area (Å²) >= 11 is 0. The topological polar surface area (TPSA) is 448 Å². The van der Waals surface area contributed by atoms with Gasteiger partial charge >= 0.3 is 64.6 Å². The molecule has 6 aromatic carbocycles. The van der Waals surface area contributed by atoms with E-state index < -0.39 is 87.1 Å². The van der Waals surface area contributed by atoms with E-state index in [1.165, 1.54) is 34.8 Å². The number of esters is 6. The largest absolute Gasteiger partial charge is 0.507 e. The fourth-order valence-corrected chi connectivity index (χ4v) is 20.0. The van der Waals surface area contributed by atoms with Gasteiger partial charge < -0.3 is 91.6 Å². The van der Waals surface area contributed by atoms with Crippen LogP contribution in [-0.4, -0.2) is 204 Å². The van der Waals surface area contributed by atoms with Gasteiger partial charge in [0.15, 0.2) is 18.3 Å². The van der Waals surface area contributed by atoms with Crippen LogP contribution in [-0.2, 0) is 128 Å². The molecule has 5 N–H and O–H groups in total. The van der Waals surface area contributed by atoms with Crippen LogP contribution in [0.15, 0.2) is 126 Å². The monoisotopic (exact) mass is 2020 g/mol. The lowest BCUT2D eigenvalue weighted by atomic mass is 9.95. The van der Waals surface area contributed by atoms with Gasteiger partial charge in [0.05, 0.1) is 72.8 Å². The number of rotatable bonds is 49. The Morgan fingerprint density at radius 1 is 0.464 bits per heavy atom. The first-order chi connectivity index (χ1) is 65.2. The number of fused-ring (bicyclic) bond motifs is 3. The summed E-state index contributed by atoms with van der Waals surface area (Å²) in [5.74, 6) is -0.0766. The van der Waals surface area contributed by atoms with Crippen molar-refractivity contribution in [2.24, 2.45) is 0 Å². The summed E-state index contributed by atoms with van der Waals surface area (Å²) in [7, 11) is -8.96. The van der Waals surface area contributed by atoms with Crippen LogP contribution in [0.25, 0.3) is 0 Å². The first kappa shape index (κ1) is 118. The standard InChI is InChI=1S/C33H48NO9PSi.C28H36NO9P.C20H28O5Si.C15H22NO6P.C2H4O3/c1-9-39-32(35)25(4)42-44(37,43-26-13-11-10-12-14-26)19-17-34-21-23(2)15-16-27-30(38-5)24(3)28-22-41-33(36)29(28)31(27)40-18-20-45(6,7)8;1-6-35-27(31)20(4)37-39(33,38-21-10-8-7-9-11-21)15-14-29-16-18(2)12-13-22-25(30)24-23(17-36-28(24)32)19(3)26(22)34-5;1-13(11-21)7-8-15-18(23-3)14(2)16-12-25-20(22)17(16)19(15)24-9-10-26(4,5)6;1-4-20-15(18)12(2)21-23(19,11-10-16-13(3)17)22-14-8-6-5-7-9-14;1-2(3)5-4/h10-15,25,34H,9,16-22H2,1-8H3;7-12,20,29-30H,6,13-17H2,1-5H3;7,11H,8-10,12H2,1-6H3;5-9,12H,4,10-11H2,1-3H3,(H,16,17);4H,1H3/b23-15+;18-12+;13-7+;;/t25-,44?;20-,39?;;12-,23?;/m00.0./s1. The van der Waals surface area contributed by atoms with Crippen LogP contribution in [0.4, 0.5) is 0 Å². The minimum Gasteiger partial charge on any atom is -0.507 e. The zero-order valence-electron chi connectivity index (χ0n) is 83.5. The minimum absolute atomic E-state index is 0.0136. The van der Waals surface area contributed by atoms with Crippen molar-refractivity contribution in [2.45, 2.75) is 206 Å². The van der Waals surface area contributed by atoms with Gasteiger partial charge in [-0.1, -0.05) is 123 Å². The summed E-state index contributed by atoms with van der Waals surface area (Å²) in [6.07, 6.45) is 4.71. The normalized spacial score (nSPS) is 14.5. The van der Waals surface area contributed by atoms with Crippen LogP contribution < -0.4 is 53.2 Å². The van der Waals surface area contributed by atoms with Crippen LogP contribution in [0, 0.1) is 20.8 Å². The number of phenolic OH excluding ortho intramolecular Hbond substituents is 1. The predicted octanol–water partition coefficient (Wildman–Crippen LogP) is 17.9. The highest BCUT2D eigenvalue weighted by molar-refractivity contribution is 7.55. The molecule has 3 unspecified atom stereocenters. The van der Waals surface area contributed by atoms with Crippen molar-refractivity contribution in [1.29, 1.82) is 0 Å². The van der Waals surface area contributed by atoms with Crippen molar-refractivity contribution >= 4 is 92.9 Å². The molecule has 3 heterocycles. The number of amides is 1. The highest BCUT2D eigenvalue weighted by Gasteiger charge is 2.40. The van der Waals surface area contributed by atoms with Gasteiger partial charge in [-0.25, -0.2) is 47.3 Å². The number of cyclic esters (lactones) is 3. The Hall–Kier alpha value is -10.9. The molecule has 0 fully saturated rings. The number of aromatic hydroxyl groups is 1. The van der Waals surface area contributed by atoms with Crippen molar-refractivity contribution in [3.8, 4) is 51.7 Å². The molecule has 0 bridgehead atoms. The molecule has 138 heavy (non-hydrogen) atoms. The first-order valence-corrected chi connectivity index (χ1v) is 57.9. The highest BCUT2D eigenvalue weighted by atomic mass is 31.2. The lowest BCUT2D eigenvalue weighted by Gasteiger charge is -2.22. The molecule has 3 aliphatic heterocycles. The Morgan fingerprint density at radius 3 is 1.07 bits per heavy atom. The van der Waals surface area contributed by atoms with Crippen LogP contribution in [0.1, 0.15) is 157 Å². The van der Waals surface area contributed by atoms with E-state index in [2.05, 4.69) is 66.2 Å². The third kappa shape index (κ3) is 38.0. The first-order valence-electron chi connectivity index (χ1n) is 45.3. The quantitative estimate of drug-likeness (QED) is 0.00226. The van der Waals surface area contributed by atoms with Crippen molar-refractivity contribution in [1.82, 2.24) is 16.0 Å². The van der Waals surface area contributed by atoms with Crippen LogP contribution >= 0.6 is 22.8 Å². The molecule has 9 rings (SSSR count). The minimum atomic E-state index is -3.71. The molecule has 0 spiro atoms.